The van der Waals surface area contributed by atoms with Crippen molar-refractivity contribution in [2.75, 3.05) is 0 Å². The molecule has 0 saturated heterocycles. The average molecular weight is 416 g/mol. The summed E-state index contributed by atoms with van der Waals surface area (Å²) < 4.78 is 29.1. The van der Waals surface area contributed by atoms with Crippen molar-refractivity contribution < 1.29 is 8.42 Å². The van der Waals surface area contributed by atoms with Gasteiger partial charge in [0.25, 0.3) is 5.56 Å². The summed E-state index contributed by atoms with van der Waals surface area (Å²) in [6.07, 6.45) is 0. The maximum atomic E-state index is 13.0. The number of fused-ring (bicyclic) bond motifs is 3. The number of benzene rings is 1. The molecule has 0 atom stereocenters. The lowest BCUT2D eigenvalue weighted by molar-refractivity contribution is 0.598. The summed E-state index contributed by atoms with van der Waals surface area (Å²) in [5.74, 6) is 0.458. The van der Waals surface area contributed by atoms with Crippen LogP contribution in [0.1, 0.15) is 18.3 Å². The average Bonchev–Trinajstić information content (AvgIpc) is 3.16. The van der Waals surface area contributed by atoms with Gasteiger partial charge < -0.3 is 0 Å². The van der Waals surface area contributed by atoms with Gasteiger partial charge >= 0.3 is 5.69 Å². The van der Waals surface area contributed by atoms with Crippen LogP contribution in [0.25, 0.3) is 22.6 Å². The van der Waals surface area contributed by atoms with Crippen LogP contribution in [0.3, 0.4) is 0 Å². The zero-order valence-corrected chi connectivity index (χ0v) is 17.2. The Morgan fingerprint density at radius 2 is 1.69 bits per heavy atom. The minimum Gasteiger partial charge on any atom is -0.283 e. The normalized spacial score (nSPS) is 12.3. The van der Waals surface area contributed by atoms with Gasteiger partial charge in [-0.1, -0.05) is 0 Å². The minimum atomic E-state index is -3.81. The van der Waals surface area contributed by atoms with E-state index in [2.05, 4.69) is 4.98 Å². The van der Waals surface area contributed by atoms with E-state index in [9.17, 15) is 18.0 Å². The molecular weight excluding hydrogens is 396 g/mol. The molecule has 0 radical (unpaired) electrons. The van der Waals surface area contributed by atoms with E-state index >= 15 is 0 Å². The summed E-state index contributed by atoms with van der Waals surface area (Å²) in [7, 11) is -2.23. The number of hydrogen-bond acceptors (Lipinski definition) is 5. The van der Waals surface area contributed by atoms with E-state index in [-0.39, 0.29) is 17.1 Å². The minimum absolute atomic E-state index is 0.000494. The molecule has 4 rings (SSSR count). The second kappa shape index (κ2) is 6.16. The van der Waals surface area contributed by atoms with Gasteiger partial charge in [0.15, 0.2) is 11.2 Å². The van der Waals surface area contributed by atoms with E-state index in [0.29, 0.717) is 17.0 Å². The molecule has 0 spiro atoms. The molecule has 1 aromatic carbocycles. The molecule has 2 N–H and O–H groups in total. The van der Waals surface area contributed by atoms with E-state index in [1.54, 1.807) is 30.5 Å². The van der Waals surface area contributed by atoms with Gasteiger partial charge in [-0.25, -0.2) is 18.4 Å². The number of nitrogens with zero attached hydrogens (tertiary/aromatic N) is 5. The van der Waals surface area contributed by atoms with Gasteiger partial charge in [-0.15, -0.1) is 0 Å². The highest BCUT2D eigenvalue weighted by Crippen LogP contribution is 2.25. The second-order valence-electron chi connectivity index (χ2n) is 6.86. The smallest absolute Gasteiger partial charge is 0.283 e. The number of rotatable bonds is 3. The number of hydrogen-bond donors (Lipinski definition) is 1. The third-order valence-corrected chi connectivity index (χ3v) is 6.19. The number of imidazole rings is 2. The second-order valence-corrected chi connectivity index (χ2v) is 8.42. The first-order valence-corrected chi connectivity index (χ1v) is 10.5. The van der Waals surface area contributed by atoms with Crippen LogP contribution in [-0.2, 0) is 23.6 Å². The lowest BCUT2D eigenvalue weighted by Gasteiger charge is -2.07. The van der Waals surface area contributed by atoms with Crippen LogP contribution in [0.15, 0.2) is 38.8 Å². The largest absolute Gasteiger partial charge is 0.332 e. The molecule has 29 heavy (non-hydrogen) atoms. The summed E-state index contributed by atoms with van der Waals surface area (Å²) in [5.41, 5.74) is 2.06. The van der Waals surface area contributed by atoms with Crippen LogP contribution in [0.4, 0.5) is 0 Å². The van der Waals surface area contributed by atoms with Crippen LogP contribution < -0.4 is 16.4 Å². The van der Waals surface area contributed by atoms with Gasteiger partial charge in [0.1, 0.15) is 0 Å². The number of primary sulfonamides is 1. The van der Waals surface area contributed by atoms with E-state index < -0.39 is 21.3 Å². The molecule has 3 heterocycles. The Hall–Kier alpha value is -3.18. The first-order chi connectivity index (χ1) is 13.6. The highest BCUT2D eigenvalue weighted by molar-refractivity contribution is 7.89. The summed E-state index contributed by atoms with van der Waals surface area (Å²) in [6.45, 7) is 5.73. The van der Waals surface area contributed by atoms with Crippen molar-refractivity contribution in [2.45, 2.75) is 32.2 Å². The van der Waals surface area contributed by atoms with Gasteiger partial charge in [0.05, 0.1) is 4.90 Å². The Morgan fingerprint density at radius 3 is 2.24 bits per heavy atom. The maximum absolute atomic E-state index is 13.0. The lowest BCUT2D eigenvalue weighted by atomic mass is 10.3. The Bertz CT molecular complexity index is 1520. The van der Waals surface area contributed by atoms with E-state index in [4.69, 9.17) is 5.14 Å². The van der Waals surface area contributed by atoms with Crippen molar-refractivity contribution in [1.82, 2.24) is 23.1 Å². The summed E-state index contributed by atoms with van der Waals surface area (Å²) in [4.78, 5) is 30.0. The number of nitrogens with two attached hydrogens (primary N) is 1. The summed E-state index contributed by atoms with van der Waals surface area (Å²) >= 11 is 0. The lowest BCUT2D eigenvalue weighted by Crippen LogP contribution is -2.38. The Morgan fingerprint density at radius 1 is 1.07 bits per heavy atom. The molecule has 0 amide bonds. The van der Waals surface area contributed by atoms with Crippen molar-refractivity contribution >= 4 is 27.0 Å². The van der Waals surface area contributed by atoms with Gasteiger partial charge in [-0.3, -0.25) is 22.9 Å². The first kappa shape index (κ1) is 19.2. The molecule has 11 heteroatoms. The highest BCUT2D eigenvalue weighted by Gasteiger charge is 2.23. The van der Waals surface area contributed by atoms with Crippen LogP contribution >= 0.6 is 0 Å². The fourth-order valence-corrected chi connectivity index (χ4v) is 4.14. The fraction of sp³-hybridized carbons (Fsp3) is 0.278. The van der Waals surface area contributed by atoms with E-state index in [1.165, 1.54) is 21.3 Å². The molecule has 3 aromatic heterocycles. The standard InChI is InChI=1S/C18H20N6O4S/c1-5-22-16(25)14-15(21(4)18(22)26)20-17-23(10(2)11(3)24(14)17)12-6-8-13(9-7-12)29(19,27)28/h6-9H,5H2,1-4H3,(H2,19,27,28). The third kappa shape index (κ3) is 2.58. The molecule has 152 valence electrons. The van der Waals surface area contributed by atoms with Crippen LogP contribution in [0, 0.1) is 13.8 Å². The maximum Gasteiger partial charge on any atom is 0.332 e. The van der Waals surface area contributed by atoms with Crippen LogP contribution in [-0.4, -0.2) is 31.5 Å². The number of aromatic nitrogens is 5. The Labute approximate surface area is 165 Å². The van der Waals surface area contributed by atoms with Crippen LogP contribution in [0.5, 0.6) is 0 Å². The number of aryl methyl sites for hydroxylation is 2. The van der Waals surface area contributed by atoms with Crippen molar-refractivity contribution in [2.24, 2.45) is 12.2 Å². The monoisotopic (exact) mass is 416 g/mol. The predicted molar refractivity (Wildman–Crippen MR) is 108 cm³/mol. The van der Waals surface area contributed by atoms with Gasteiger partial charge in [-0.2, -0.15) is 4.98 Å². The molecule has 0 aliphatic carbocycles. The van der Waals surface area contributed by atoms with E-state index in [0.717, 1.165) is 11.4 Å². The molecule has 0 unspecified atom stereocenters. The molecule has 0 bridgehead atoms. The van der Waals surface area contributed by atoms with Crippen molar-refractivity contribution in [3.05, 3.63) is 56.5 Å². The zero-order chi connectivity index (χ0) is 21.2. The highest BCUT2D eigenvalue weighted by atomic mass is 32.2. The molecule has 0 aliphatic rings. The number of sulfonamides is 1. The van der Waals surface area contributed by atoms with Crippen molar-refractivity contribution in [3.8, 4) is 5.69 Å². The molecule has 0 saturated carbocycles. The Balaban J connectivity index is 2.12. The molecule has 0 aliphatic heterocycles. The quantitative estimate of drug-likeness (QED) is 0.518. The van der Waals surface area contributed by atoms with Crippen molar-refractivity contribution in [1.29, 1.82) is 0 Å². The predicted octanol–water partition coefficient (Wildman–Crippen LogP) is 0.423. The van der Waals surface area contributed by atoms with Crippen molar-refractivity contribution in [3.63, 3.8) is 0 Å². The molecule has 4 aromatic rings. The first-order valence-electron chi connectivity index (χ1n) is 8.91. The van der Waals surface area contributed by atoms with Gasteiger partial charge in [-0.05, 0) is 45.0 Å². The van der Waals surface area contributed by atoms with Gasteiger partial charge in [0.2, 0.25) is 15.8 Å². The van der Waals surface area contributed by atoms with Gasteiger partial charge in [0, 0.05) is 30.7 Å². The zero-order valence-electron chi connectivity index (χ0n) is 16.4. The summed E-state index contributed by atoms with van der Waals surface area (Å²) in [5, 5.41) is 5.18. The van der Waals surface area contributed by atoms with Crippen LogP contribution in [0.2, 0.25) is 0 Å². The third-order valence-electron chi connectivity index (χ3n) is 5.26. The Kier molecular flexibility index (Phi) is 4.07. The molecule has 0 fully saturated rings. The summed E-state index contributed by atoms with van der Waals surface area (Å²) in [6, 6.07) is 6.07. The topological polar surface area (TPSA) is 126 Å². The SMILES string of the molecule is CCn1c(=O)c2c(nc3n(-c4ccc(S(N)(=O)=O)cc4)c(C)c(C)n23)n(C)c1=O. The molecular formula is C18H20N6O4S. The fourth-order valence-electron chi connectivity index (χ4n) is 3.62. The van der Waals surface area contributed by atoms with E-state index in [1.807, 2.05) is 18.4 Å². The molecule has 10 nitrogen and oxygen atoms in total.